The highest BCUT2D eigenvalue weighted by molar-refractivity contribution is 5.77. The standard InChI is InChI=1S/C14H22N2O5/c1-13(2,7-9(15)17)8-14(3,4)12(20)21-16-10(18)5-6-11(16)19/h5-6,18-19H,7-8H2,1-4H3,(H2,15,17). The number of nitrogens with zero attached hydrogens (tertiary/aromatic N) is 1. The number of amides is 1. The van der Waals surface area contributed by atoms with Crippen molar-refractivity contribution in [2.75, 3.05) is 0 Å². The molecule has 118 valence electrons. The molecule has 0 atom stereocenters. The smallest absolute Gasteiger partial charge is 0.338 e. The van der Waals surface area contributed by atoms with Gasteiger partial charge < -0.3 is 20.8 Å². The van der Waals surface area contributed by atoms with Crippen LogP contribution in [0.1, 0.15) is 40.5 Å². The fourth-order valence-electron chi connectivity index (χ4n) is 2.50. The molecule has 0 aliphatic heterocycles. The van der Waals surface area contributed by atoms with Crippen LogP contribution in [0.2, 0.25) is 0 Å². The lowest BCUT2D eigenvalue weighted by Crippen LogP contribution is -2.38. The normalized spacial score (nSPS) is 12.2. The van der Waals surface area contributed by atoms with Gasteiger partial charge in [0.15, 0.2) is 0 Å². The fourth-order valence-corrected chi connectivity index (χ4v) is 2.50. The van der Waals surface area contributed by atoms with Crippen molar-refractivity contribution in [3.8, 4) is 11.8 Å². The van der Waals surface area contributed by atoms with Gasteiger partial charge in [-0.2, -0.15) is 0 Å². The van der Waals surface area contributed by atoms with Crippen molar-refractivity contribution >= 4 is 11.9 Å². The summed E-state index contributed by atoms with van der Waals surface area (Å²) < 4.78 is 0.644. The Morgan fingerprint density at radius 2 is 1.67 bits per heavy atom. The number of aromatic nitrogens is 1. The third-order valence-electron chi connectivity index (χ3n) is 3.10. The molecule has 0 saturated carbocycles. The molecule has 0 saturated heterocycles. The van der Waals surface area contributed by atoms with Gasteiger partial charge in [-0.25, -0.2) is 4.79 Å². The lowest BCUT2D eigenvalue weighted by molar-refractivity contribution is -0.157. The van der Waals surface area contributed by atoms with Crippen LogP contribution in [-0.2, 0) is 9.59 Å². The number of carbonyl (C=O) groups excluding carboxylic acids is 2. The Balaban J connectivity index is 2.82. The minimum atomic E-state index is -0.928. The van der Waals surface area contributed by atoms with Crippen LogP contribution < -0.4 is 10.6 Å². The van der Waals surface area contributed by atoms with Gasteiger partial charge in [-0.05, 0) is 25.7 Å². The first-order chi connectivity index (χ1) is 9.44. The second kappa shape index (κ2) is 5.67. The summed E-state index contributed by atoms with van der Waals surface area (Å²) in [6.45, 7) is 6.99. The molecule has 1 amide bonds. The summed E-state index contributed by atoms with van der Waals surface area (Å²) >= 11 is 0. The minimum absolute atomic E-state index is 0.143. The maximum atomic E-state index is 12.2. The molecule has 0 aromatic carbocycles. The summed E-state index contributed by atoms with van der Waals surface area (Å²) in [5.74, 6) is -1.84. The Kier molecular flexibility index (Phi) is 4.56. The van der Waals surface area contributed by atoms with Gasteiger partial charge in [0.25, 0.3) is 0 Å². The number of hydrogen-bond donors (Lipinski definition) is 3. The molecule has 21 heavy (non-hydrogen) atoms. The van der Waals surface area contributed by atoms with E-state index >= 15 is 0 Å². The number of nitrogens with two attached hydrogens (primary N) is 1. The van der Waals surface area contributed by atoms with Crippen molar-refractivity contribution < 1.29 is 24.6 Å². The number of carbonyl (C=O) groups is 2. The maximum Gasteiger partial charge on any atom is 0.338 e. The van der Waals surface area contributed by atoms with Crippen LogP contribution in [-0.4, -0.2) is 26.8 Å². The summed E-state index contributed by atoms with van der Waals surface area (Å²) in [4.78, 5) is 28.3. The first-order valence-corrected chi connectivity index (χ1v) is 6.55. The second-order valence-corrected chi connectivity index (χ2v) is 6.59. The first-order valence-electron chi connectivity index (χ1n) is 6.55. The Morgan fingerprint density at radius 3 is 2.10 bits per heavy atom. The second-order valence-electron chi connectivity index (χ2n) is 6.59. The van der Waals surface area contributed by atoms with E-state index in [0.717, 1.165) is 0 Å². The number of primary amides is 1. The zero-order chi connectivity index (χ0) is 16.4. The van der Waals surface area contributed by atoms with Crippen molar-refractivity contribution in [1.29, 1.82) is 0 Å². The van der Waals surface area contributed by atoms with Gasteiger partial charge in [-0.3, -0.25) is 4.79 Å². The van der Waals surface area contributed by atoms with E-state index in [1.807, 2.05) is 13.8 Å². The first kappa shape index (κ1) is 16.9. The zero-order valence-corrected chi connectivity index (χ0v) is 12.7. The van der Waals surface area contributed by atoms with E-state index in [0.29, 0.717) is 11.2 Å². The van der Waals surface area contributed by atoms with Gasteiger partial charge in [-0.1, -0.05) is 13.8 Å². The quantitative estimate of drug-likeness (QED) is 0.729. The molecule has 7 heteroatoms. The predicted octanol–water partition coefficient (Wildman–Crippen LogP) is 1.17. The maximum absolute atomic E-state index is 12.2. The molecule has 4 N–H and O–H groups in total. The molecule has 0 aliphatic carbocycles. The SMILES string of the molecule is CC(C)(CC(N)=O)CC(C)(C)C(=O)On1c(O)ccc1O. The summed E-state index contributed by atoms with van der Waals surface area (Å²) in [5.41, 5.74) is 3.79. The summed E-state index contributed by atoms with van der Waals surface area (Å²) in [6, 6.07) is 2.40. The van der Waals surface area contributed by atoms with Crippen LogP contribution in [0.4, 0.5) is 0 Å². The predicted molar refractivity (Wildman–Crippen MR) is 75.3 cm³/mol. The van der Waals surface area contributed by atoms with E-state index in [4.69, 9.17) is 10.6 Å². The van der Waals surface area contributed by atoms with Gasteiger partial charge >= 0.3 is 5.97 Å². The number of aromatic hydroxyl groups is 2. The monoisotopic (exact) mass is 298 g/mol. The molecule has 1 aromatic rings. The molecule has 1 rings (SSSR count). The van der Waals surface area contributed by atoms with Crippen molar-refractivity contribution in [3.05, 3.63) is 12.1 Å². The third-order valence-corrected chi connectivity index (χ3v) is 3.10. The van der Waals surface area contributed by atoms with Gasteiger partial charge in [0.05, 0.1) is 5.41 Å². The summed E-state index contributed by atoms with van der Waals surface area (Å²) in [5, 5.41) is 18.9. The van der Waals surface area contributed by atoms with E-state index in [1.165, 1.54) is 12.1 Å². The average Bonchev–Trinajstić information content (AvgIpc) is 2.57. The highest BCUT2D eigenvalue weighted by Crippen LogP contribution is 2.36. The average molecular weight is 298 g/mol. The van der Waals surface area contributed by atoms with Gasteiger partial charge in [-0.15, -0.1) is 4.73 Å². The van der Waals surface area contributed by atoms with Gasteiger partial charge in [0.2, 0.25) is 17.7 Å². The summed E-state index contributed by atoms with van der Waals surface area (Å²) in [6.07, 6.45) is 0.494. The van der Waals surface area contributed by atoms with E-state index in [1.54, 1.807) is 13.8 Å². The Hall–Kier alpha value is -2.18. The Morgan fingerprint density at radius 1 is 1.19 bits per heavy atom. The van der Waals surface area contributed by atoms with Crippen LogP contribution in [0.3, 0.4) is 0 Å². The topological polar surface area (TPSA) is 115 Å². The Bertz CT molecular complexity index is 526. The van der Waals surface area contributed by atoms with E-state index < -0.39 is 22.7 Å². The van der Waals surface area contributed by atoms with Gasteiger partial charge in [0.1, 0.15) is 0 Å². The highest BCUT2D eigenvalue weighted by Gasteiger charge is 2.38. The van der Waals surface area contributed by atoms with E-state index in [9.17, 15) is 19.8 Å². The molecule has 1 heterocycles. The third kappa shape index (κ3) is 4.40. The molecular formula is C14H22N2O5. The number of rotatable bonds is 6. The molecule has 0 unspecified atom stereocenters. The molecule has 0 bridgehead atoms. The van der Waals surface area contributed by atoms with Crippen LogP contribution in [0.15, 0.2) is 12.1 Å². The largest absolute Gasteiger partial charge is 0.492 e. The van der Waals surface area contributed by atoms with E-state index in [2.05, 4.69) is 0 Å². The van der Waals surface area contributed by atoms with Crippen molar-refractivity contribution in [2.45, 2.75) is 40.5 Å². The molecule has 0 radical (unpaired) electrons. The van der Waals surface area contributed by atoms with Crippen LogP contribution in [0.25, 0.3) is 0 Å². The molecule has 0 spiro atoms. The van der Waals surface area contributed by atoms with Gasteiger partial charge in [0, 0.05) is 18.6 Å². The fraction of sp³-hybridized carbons (Fsp3) is 0.571. The van der Waals surface area contributed by atoms with Crippen molar-refractivity contribution in [3.63, 3.8) is 0 Å². The van der Waals surface area contributed by atoms with Crippen LogP contribution in [0.5, 0.6) is 11.8 Å². The lowest BCUT2D eigenvalue weighted by Gasteiger charge is -2.32. The van der Waals surface area contributed by atoms with Crippen molar-refractivity contribution in [2.24, 2.45) is 16.6 Å². The zero-order valence-electron chi connectivity index (χ0n) is 12.7. The van der Waals surface area contributed by atoms with E-state index in [-0.39, 0.29) is 18.2 Å². The number of hydrogen-bond acceptors (Lipinski definition) is 5. The molecule has 1 aromatic heterocycles. The van der Waals surface area contributed by atoms with Crippen LogP contribution >= 0.6 is 0 Å². The van der Waals surface area contributed by atoms with Crippen molar-refractivity contribution in [1.82, 2.24) is 4.73 Å². The van der Waals surface area contributed by atoms with Crippen LogP contribution in [0, 0.1) is 10.8 Å². The molecule has 0 fully saturated rings. The Labute approximate surface area is 123 Å². The molecular weight excluding hydrogens is 276 g/mol. The highest BCUT2D eigenvalue weighted by atomic mass is 16.7. The minimum Gasteiger partial charge on any atom is -0.492 e. The summed E-state index contributed by atoms with van der Waals surface area (Å²) in [7, 11) is 0. The molecule has 7 nitrogen and oxygen atoms in total. The lowest BCUT2D eigenvalue weighted by atomic mass is 9.73. The molecule has 0 aliphatic rings.